The van der Waals surface area contributed by atoms with Crippen molar-refractivity contribution >= 4 is 16.3 Å². The molecule has 0 aromatic rings. The van der Waals surface area contributed by atoms with Gasteiger partial charge < -0.3 is 0 Å². The number of carbonyl (C=O) groups excluding carboxylic acids is 1. The summed E-state index contributed by atoms with van der Waals surface area (Å²) in [7, 11) is -1.87. The highest BCUT2D eigenvalue weighted by molar-refractivity contribution is 7.88. The molecule has 0 saturated heterocycles. The lowest BCUT2D eigenvalue weighted by Gasteiger charge is -2.07. The third-order valence-corrected chi connectivity index (χ3v) is 2.11. The highest BCUT2D eigenvalue weighted by Crippen LogP contribution is 1.88. The summed E-state index contributed by atoms with van der Waals surface area (Å²) in [5.41, 5.74) is 0. The van der Waals surface area contributed by atoms with Gasteiger partial charge in [-0.05, 0) is 0 Å². The molecule has 0 aromatic heterocycles. The maximum Gasteiger partial charge on any atom is 0.214 e. The smallest absolute Gasteiger partial charge is 0.214 e. The van der Waals surface area contributed by atoms with Crippen LogP contribution in [-0.2, 0) is 14.8 Å². The van der Waals surface area contributed by atoms with Gasteiger partial charge in [-0.3, -0.25) is 4.79 Å². The zero-order valence-electron chi connectivity index (χ0n) is 5.29. The minimum Gasteiger partial charge on any atom is -0.289 e. The molecule has 0 amide bonds. The van der Waals surface area contributed by atoms with E-state index in [1.54, 1.807) is 0 Å². The SMILES string of the molecule is CN(C[C]=O)S(C)(=O)=O. The third-order valence-electron chi connectivity index (χ3n) is 0.853. The quantitative estimate of drug-likeness (QED) is 0.518. The van der Waals surface area contributed by atoms with E-state index in [2.05, 4.69) is 0 Å². The zero-order chi connectivity index (χ0) is 7.49. The van der Waals surface area contributed by atoms with E-state index in [0.717, 1.165) is 10.6 Å². The number of hydrogen-bond donors (Lipinski definition) is 0. The molecule has 0 spiro atoms. The van der Waals surface area contributed by atoms with Crippen LogP contribution in [0.25, 0.3) is 0 Å². The van der Waals surface area contributed by atoms with Gasteiger partial charge in [0.05, 0.1) is 12.8 Å². The number of sulfonamides is 1. The molecule has 1 radical (unpaired) electrons. The molecule has 0 unspecified atom stereocenters. The molecule has 0 bridgehead atoms. The van der Waals surface area contributed by atoms with Crippen LogP contribution >= 0.6 is 0 Å². The molecule has 5 heteroatoms. The van der Waals surface area contributed by atoms with Crippen LogP contribution in [0.5, 0.6) is 0 Å². The van der Waals surface area contributed by atoms with Gasteiger partial charge in [0.15, 0.2) is 0 Å². The Bertz CT molecular complexity index is 184. The first-order chi connectivity index (χ1) is 3.98. The summed E-state index contributed by atoms with van der Waals surface area (Å²) in [5, 5.41) is 0. The van der Waals surface area contributed by atoms with Gasteiger partial charge in [-0.15, -0.1) is 0 Å². The van der Waals surface area contributed by atoms with Gasteiger partial charge >= 0.3 is 0 Å². The normalized spacial score (nSPS) is 11.9. The van der Waals surface area contributed by atoms with Gasteiger partial charge in [-0.25, -0.2) is 8.42 Å². The maximum absolute atomic E-state index is 10.5. The van der Waals surface area contributed by atoms with Gasteiger partial charge in [-0.2, -0.15) is 4.31 Å². The van der Waals surface area contributed by atoms with Gasteiger partial charge in [-0.1, -0.05) is 0 Å². The van der Waals surface area contributed by atoms with Crippen molar-refractivity contribution in [3.8, 4) is 0 Å². The average molecular weight is 150 g/mol. The van der Waals surface area contributed by atoms with E-state index < -0.39 is 10.0 Å². The number of hydrogen-bond acceptors (Lipinski definition) is 3. The highest BCUT2D eigenvalue weighted by atomic mass is 32.2. The number of likely N-dealkylation sites (N-methyl/N-ethyl adjacent to an activating group) is 1. The Morgan fingerprint density at radius 2 is 2.00 bits per heavy atom. The van der Waals surface area contributed by atoms with Crippen LogP contribution in [0.15, 0.2) is 0 Å². The van der Waals surface area contributed by atoms with E-state index >= 15 is 0 Å². The van der Waals surface area contributed by atoms with Crippen LogP contribution in [0, 0.1) is 0 Å². The van der Waals surface area contributed by atoms with Crippen molar-refractivity contribution in [1.29, 1.82) is 0 Å². The molecule has 0 aliphatic carbocycles. The first-order valence-electron chi connectivity index (χ1n) is 2.25. The fourth-order valence-electron chi connectivity index (χ4n) is 0.208. The predicted octanol–water partition coefficient (Wildman–Crippen LogP) is -1.01. The van der Waals surface area contributed by atoms with Crippen molar-refractivity contribution < 1.29 is 13.2 Å². The minimum atomic E-state index is -3.19. The van der Waals surface area contributed by atoms with Crippen LogP contribution < -0.4 is 0 Å². The van der Waals surface area contributed by atoms with E-state index in [-0.39, 0.29) is 6.54 Å². The Labute approximate surface area is 54.5 Å². The van der Waals surface area contributed by atoms with Crippen molar-refractivity contribution in [1.82, 2.24) is 4.31 Å². The van der Waals surface area contributed by atoms with Crippen molar-refractivity contribution in [2.24, 2.45) is 0 Å². The number of nitrogens with zero attached hydrogens (tertiary/aromatic N) is 1. The topological polar surface area (TPSA) is 54.5 Å². The lowest BCUT2D eigenvalue weighted by atomic mass is 10.7. The van der Waals surface area contributed by atoms with E-state index in [4.69, 9.17) is 0 Å². The van der Waals surface area contributed by atoms with Gasteiger partial charge in [0.25, 0.3) is 0 Å². The molecule has 0 saturated carbocycles. The fourth-order valence-corrected chi connectivity index (χ4v) is 0.495. The lowest BCUT2D eigenvalue weighted by Crippen LogP contribution is -2.26. The molecule has 0 heterocycles. The summed E-state index contributed by atoms with van der Waals surface area (Å²) in [6, 6.07) is 0. The molecule has 53 valence electrons. The van der Waals surface area contributed by atoms with Crippen molar-refractivity contribution in [3.63, 3.8) is 0 Å². The molecular formula is C4H8NO3S. The Kier molecular flexibility index (Phi) is 2.80. The predicted molar refractivity (Wildman–Crippen MR) is 33.2 cm³/mol. The van der Waals surface area contributed by atoms with Crippen LogP contribution in [0.1, 0.15) is 0 Å². The van der Waals surface area contributed by atoms with E-state index in [9.17, 15) is 13.2 Å². The summed E-state index contributed by atoms with van der Waals surface area (Å²) < 4.78 is 21.9. The molecule has 0 fully saturated rings. The average Bonchev–Trinajstić information content (AvgIpc) is 1.64. The lowest BCUT2D eigenvalue weighted by molar-refractivity contribution is 0.490. The van der Waals surface area contributed by atoms with Gasteiger partial charge in [0.2, 0.25) is 16.3 Å². The van der Waals surface area contributed by atoms with Crippen LogP contribution in [-0.4, -0.2) is 38.9 Å². The molecule has 0 N–H and O–H groups in total. The molecule has 0 aliphatic rings. The molecule has 9 heavy (non-hydrogen) atoms. The van der Waals surface area contributed by atoms with Crippen molar-refractivity contribution in [2.75, 3.05) is 19.8 Å². The molecule has 0 rings (SSSR count). The Morgan fingerprint density at radius 3 is 2.11 bits per heavy atom. The Hall–Kier alpha value is -0.420. The maximum atomic E-state index is 10.5. The highest BCUT2D eigenvalue weighted by Gasteiger charge is 2.08. The third kappa shape index (κ3) is 3.21. The van der Waals surface area contributed by atoms with E-state index in [0.29, 0.717) is 0 Å². The van der Waals surface area contributed by atoms with Crippen molar-refractivity contribution in [3.05, 3.63) is 0 Å². The van der Waals surface area contributed by atoms with Crippen molar-refractivity contribution in [2.45, 2.75) is 0 Å². The summed E-state index contributed by atoms with van der Waals surface area (Å²) in [6.45, 7) is -0.196. The van der Waals surface area contributed by atoms with Crippen LogP contribution in [0.4, 0.5) is 0 Å². The second-order valence-electron chi connectivity index (χ2n) is 1.66. The van der Waals surface area contributed by atoms with Gasteiger partial charge in [0, 0.05) is 7.05 Å². The fraction of sp³-hybridized carbons (Fsp3) is 0.750. The molecule has 0 aromatic carbocycles. The van der Waals surface area contributed by atoms with E-state index in [1.807, 2.05) is 0 Å². The Balaban J connectivity index is 4.05. The Morgan fingerprint density at radius 1 is 1.56 bits per heavy atom. The summed E-state index contributed by atoms with van der Waals surface area (Å²) >= 11 is 0. The largest absolute Gasteiger partial charge is 0.289 e. The van der Waals surface area contributed by atoms with Crippen LogP contribution in [0.2, 0.25) is 0 Å². The molecule has 0 atom stereocenters. The standard InChI is InChI=1S/C4H8NO3S/c1-5(3-4-6)9(2,7)8/h3H2,1-2H3. The first kappa shape index (κ1) is 8.58. The van der Waals surface area contributed by atoms with E-state index in [1.165, 1.54) is 13.3 Å². The second kappa shape index (κ2) is 2.93. The molecule has 0 aliphatic heterocycles. The zero-order valence-corrected chi connectivity index (χ0v) is 6.10. The summed E-state index contributed by atoms with van der Waals surface area (Å²) in [6.07, 6.45) is 2.50. The number of rotatable bonds is 3. The van der Waals surface area contributed by atoms with Gasteiger partial charge in [0.1, 0.15) is 0 Å². The summed E-state index contributed by atoms with van der Waals surface area (Å²) in [5.74, 6) is 0. The monoisotopic (exact) mass is 150 g/mol. The summed E-state index contributed by atoms with van der Waals surface area (Å²) in [4.78, 5) is 9.63. The second-order valence-corrected chi connectivity index (χ2v) is 3.75. The first-order valence-corrected chi connectivity index (χ1v) is 4.09. The minimum absolute atomic E-state index is 0.196. The molecular weight excluding hydrogens is 142 g/mol. The van der Waals surface area contributed by atoms with Crippen LogP contribution in [0.3, 0.4) is 0 Å². The molecule has 4 nitrogen and oxygen atoms in total.